The Morgan fingerprint density at radius 1 is 1.30 bits per heavy atom. The molecule has 0 aliphatic carbocycles. The van der Waals surface area contributed by atoms with E-state index in [1.807, 2.05) is 0 Å². The standard InChI is InChI=1S/C22H19Cl2N7O6/c1-29-19-18(20(33)27-22(29)34)30(10-15(32)11-37-17-6-5-13(23)8-16(17)24)21(26-19)28-25-9-12-3-2-4-14(7-12)31(35)36/h2-9,15,32H,10-11H2,1H3,(H,26,28)(H,27,33,34)/b25-9-/t15-/m1/s1. The fraction of sp³-hybridized carbons (Fsp3) is 0.182. The van der Waals surface area contributed by atoms with E-state index < -0.39 is 22.3 Å². The molecule has 0 spiro atoms. The van der Waals surface area contributed by atoms with Crippen molar-refractivity contribution in [2.75, 3.05) is 12.0 Å². The first-order valence-electron chi connectivity index (χ1n) is 10.6. The fourth-order valence-corrected chi connectivity index (χ4v) is 3.89. The Balaban J connectivity index is 1.62. The molecule has 37 heavy (non-hydrogen) atoms. The molecule has 0 unspecified atom stereocenters. The summed E-state index contributed by atoms with van der Waals surface area (Å²) in [6.45, 7) is -0.362. The number of imidazole rings is 1. The summed E-state index contributed by atoms with van der Waals surface area (Å²) >= 11 is 12.0. The Morgan fingerprint density at radius 3 is 2.81 bits per heavy atom. The van der Waals surface area contributed by atoms with Gasteiger partial charge in [0.2, 0.25) is 5.95 Å². The molecule has 4 rings (SSSR count). The third-order valence-electron chi connectivity index (χ3n) is 5.18. The van der Waals surface area contributed by atoms with Gasteiger partial charge in [-0.2, -0.15) is 10.1 Å². The number of non-ortho nitro benzene ring substituents is 1. The summed E-state index contributed by atoms with van der Waals surface area (Å²) in [7, 11) is 1.43. The smallest absolute Gasteiger partial charge is 0.329 e. The summed E-state index contributed by atoms with van der Waals surface area (Å²) in [5.41, 5.74) is 1.67. The summed E-state index contributed by atoms with van der Waals surface area (Å²) in [6.07, 6.45) is 0.184. The molecule has 15 heteroatoms. The van der Waals surface area contributed by atoms with Gasteiger partial charge in [0.1, 0.15) is 18.5 Å². The van der Waals surface area contributed by atoms with E-state index in [9.17, 15) is 24.8 Å². The number of nitrogens with zero attached hydrogens (tertiary/aromatic N) is 5. The molecule has 0 radical (unpaired) electrons. The minimum atomic E-state index is -1.14. The highest BCUT2D eigenvalue weighted by Gasteiger charge is 2.20. The average molecular weight is 548 g/mol. The SMILES string of the molecule is Cn1c(=O)[nH]c(=O)c2c1nc(N/N=C\c1cccc([N+](=O)[O-])c1)n2C[C@@H](O)COc1ccc(Cl)cc1Cl. The van der Waals surface area contributed by atoms with E-state index in [2.05, 4.69) is 20.5 Å². The number of benzene rings is 2. The molecule has 2 heterocycles. The number of anilines is 1. The normalized spacial score (nSPS) is 12.2. The van der Waals surface area contributed by atoms with Crippen molar-refractivity contribution in [1.29, 1.82) is 0 Å². The van der Waals surface area contributed by atoms with Crippen LogP contribution < -0.4 is 21.4 Å². The number of aliphatic hydroxyl groups excluding tert-OH is 1. The van der Waals surface area contributed by atoms with Crippen molar-refractivity contribution in [3.63, 3.8) is 0 Å². The Bertz CT molecular complexity index is 1630. The maximum Gasteiger partial charge on any atom is 0.329 e. The summed E-state index contributed by atoms with van der Waals surface area (Å²) in [5, 5.41) is 26.4. The average Bonchev–Trinajstić information content (AvgIpc) is 3.21. The number of aromatic nitrogens is 4. The van der Waals surface area contributed by atoms with Crippen LogP contribution in [0.3, 0.4) is 0 Å². The van der Waals surface area contributed by atoms with Gasteiger partial charge in [0.25, 0.3) is 11.2 Å². The minimum absolute atomic E-state index is 0.0127. The van der Waals surface area contributed by atoms with Crippen LogP contribution in [-0.2, 0) is 13.6 Å². The number of nitro benzene ring substituents is 1. The van der Waals surface area contributed by atoms with Crippen LogP contribution in [0.1, 0.15) is 5.56 Å². The first-order chi connectivity index (χ1) is 17.6. The number of hydrogen-bond acceptors (Lipinski definition) is 9. The highest BCUT2D eigenvalue weighted by atomic mass is 35.5. The lowest BCUT2D eigenvalue weighted by Gasteiger charge is -2.15. The molecular formula is C22H19Cl2N7O6. The molecule has 0 fully saturated rings. The number of ether oxygens (including phenoxy) is 1. The zero-order valence-corrected chi connectivity index (χ0v) is 20.6. The van der Waals surface area contributed by atoms with E-state index in [1.54, 1.807) is 18.2 Å². The van der Waals surface area contributed by atoms with Crippen molar-refractivity contribution < 1.29 is 14.8 Å². The first-order valence-corrected chi connectivity index (χ1v) is 11.4. The molecule has 192 valence electrons. The fourth-order valence-electron chi connectivity index (χ4n) is 3.42. The molecule has 13 nitrogen and oxygen atoms in total. The lowest BCUT2D eigenvalue weighted by atomic mass is 10.2. The van der Waals surface area contributed by atoms with Crippen LogP contribution in [0.4, 0.5) is 11.6 Å². The predicted octanol–water partition coefficient (Wildman–Crippen LogP) is 2.52. The molecule has 2 aromatic heterocycles. The number of hydrazone groups is 1. The van der Waals surface area contributed by atoms with Gasteiger partial charge in [0, 0.05) is 29.8 Å². The van der Waals surface area contributed by atoms with Gasteiger partial charge in [-0.15, -0.1) is 0 Å². The summed E-state index contributed by atoms with van der Waals surface area (Å²) in [6, 6.07) is 10.4. The maximum atomic E-state index is 12.6. The quantitative estimate of drug-likeness (QED) is 0.163. The Hall–Kier alpha value is -4.20. The van der Waals surface area contributed by atoms with Crippen molar-refractivity contribution in [2.24, 2.45) is 12.1 Å². The zero-order valence-electron chi connectivity index (χ0n) is 19.1. The lowest BCUT2D eigenvalue weighted by molar-refractivity contribution is -0.384. The van der Waals surface area contributed by atoms with Crippen molar-refractivity contribution in [2.45, 2.75) is 12.6 Å². The minimum Gasteiger partial charge on any atom is -0.489 e. The van der Waals surface area contributed by atoms with Crippen LogP contribution in [0.2, 0.25) is 10.0 Å². The third kappa shape index (κ3) is 5.80. The summed E-state index contributed by atoms with van der Waals surface area (Å²) < 4.78 is 8.06. The highest BCUT2D eigenvalue weighted by Crippen LogP contribution is 2.27. The maximum absolute atomic E-state index is 12.6. The van der Waals surface area contributed by atoms with Crippen molar-refractivity contribution in [3.05, 3.63) is 89.0 Å². The van der Waals surface area contributed by atoms with E-state index in [1.165, 1.54) is 42.1 Å². The van der Waals surface area contributed by atoms with Crippen LogP contribution in [0.5, 0.6) is 5.75 Å². The number of nitrogens with one attached hydrogen (secondary N) is 2. The van der Waals surface area contributed by atoms with E-state index in [-0.39, 0.29) is 41.0 Å². The molecule has 4 aromatic rings. The summed E-state index contributed by atoms with van der Waals surface area (Å²) in [5.74, 6) is 0.340. The molecule has 1 atom stereocenters. The van der Waals surface area contributed by atoms with Gasteiger partial charge in [-0.3, -0.25) is 24.5 Å². The van der Waals surface area contributed by atoms with Gasteiger partial charge in [0.15, 0.2) is 11.2 Å². The molecule has 3 N–H and O–H groups in total. The topological polar surface area (TPSA) is 170 Å². The molecule has 0 amide bonds. The van der Waals surface area contributed by atoms with Gasteiger partial charge in [-0.05, 0) is 18.2 Å². The number of hydrogen-bond donors (Lipinski definition) is 3. The molecular weight excluding hydrogens is 529 g/mol. The molecule has 0 saturated heterocycles. The van der Waals surface area contributed by atoms with Gasteiger partial charge in [-0.1, -0.05) is 35.3 Å². The Kier molecular flexibility index (Phi) is 7.57. The first kappa shape index (κ1) is 25.9. The van der Waals surface area contributed by atoms with Gasteiger partial charge < -0.3 is 14.4 Å². The number of halogens is 2. The van der Waals surface area contributed by atoms with Crippen molar-refractivity contribution in [1.82, 2.24) is 19.1 Å². The predicted molar refractivity (Wildman–Crippen MR) is 138 cm³/mol. The van der Waals surface area contributed by atoms with Crippen LogP contribution in [0.15, 0.2) is 57.2 Å². The van der Waals surface area contributed by atoms with Gasteiger partial charge in [-0.25, -0.2) is 10.2 Å². The molecule has 0 aliphatic heterocycles. The molecule has 0 bridgehead atoms. The molecule has 2 aromatic carbocycles. The second-order valence-electron chi connectivity index (χ2n) is 7.80. The molecule has 0 saturated carbocycles. The second kappa shape index (κ2) is 10.8. The number of rotatable bonds is 9. The van der Waals surface area contributed by atoms with E-state index in [4.69, 9.17) is 27.9 Å². The number of H-pyrrole nitrogens is 1. The largest absolute Gasteiger partial charge is 0.489 e. The van der Waals surface area contributed by atoms with Crippen LogP contribution in [0, 0.1) is 10.1 Å². The van der Waals surface area contributed by atoms with E-state index in [0.29, 0.717) is 16.3 Å². The number of aryl methyl sites for hydroxylation is 1. The Morgan fingerprint density at radius 2 is 2.08 bits per heavy atom. The monoisotopic (exact) mass is 547 g/mol. The van der Waals surface area contributed by atoms with E-state index >= 15 is 0 Å². The summed E-state index contributed by atoms with van der Waals surface area (Å²) in [4.78, 5) is 41.6. The highest BCUT2D eigenvalue weighted by molar-refractivity contribution is 6.35. The van der Waals surface area contributed by atoms with Crippen molar-refractivity contribution >= 4 is 52.2 Å². The number of nitro groups is 1. The van der Waals surface area contributed by atoms with Gasteiger partial charge >= 0.3 is 5.69 Å². The lowest BCUT2D eigenvalue weighted by Crippen LogP contribution is -2.30. The van der Waals surface area contributed by atoms with E-state index in [0.717, 1.165) is 4.57 Å². The van der Waals surface area contributed by atoms with Crippen LogP contribution >= 0.6 is 23.2 Å². The number of fused-ring (bicyclic) bond motifs is 1. The van der Waals surface area contributed by atoms with Gasteiger partial charge in [0.05, 0.1) is 22.7 Å². The third-order valence-corrected chi connectivity index (χ3v) is 5.72. The van der Waals surface area contributed by atoms with Crippen LogP contribution in [-0.4, -0.2) is 48.1 Å². The van der Waals surface area contributed by atoms with Crippen molar-refractivity contribution in [3.8, 4) is 5.75 Å². The zero-order chi connectivity index (χ0) is 26.7. The number of aromatic amines is 1. The Labute approximate surface area is 217 Å². The number of aliphatic hydroxyl groups is 1. The van der Waals surface area contributed by atoms with Crippen LogP contribution in [0.25, 0.3) is 11.2 Å². The second-order valence-corrected chi connectivity index (χ2v) is 8.64. The molecule has 0 aliphatic rings.